The molecule has 0 aromatic carbocycles. The van der Waals surface area contributed by atoms with Crippen LogP contribution in [0.25, 0.3) is 0 Å². The van der Waals surface area contributed by atoms with Gasteiger partial charge in [-0.1, -0.05) is 0 Å². The molecule has 0 heterocycles. The second-order valence-electron chi connectivity index (χ2n) is 3.95. The molecule has 0 amide bonds. The fraction of sp³-hybridized carbons (Fsp3) is 1.00. The van der Waals surface area contributed by atoms with Crippen molar-refractivity contribution in [1.29, 1.82) is 0 Å². The normalized spacial score (nSPS) is 13.6. The van der Waals surface area contributed by atoms with Gasteiger partial charge in [0.15, 0.2) is 0 Å². The molecule has 0 saturated carbocycles. The Balaban J connectivity index is 3.72. The van der Waals surface area contributed by atoms with Gasteiger partial charge in [-0.25, -0.2) is 8.78 Å². The number of hydrogen-bond donors (Lipinski definition) is 1. The molecule has 0 aliphatic carbocycles. The topological polar surface area (TPSA) is 21.3 Å². The number of alkyl halides is 4. The van der Waals surface area contributed by atoms with E-state index in [4.69, 9.17) is 4.74 Å². The van der Waals surface area contributed by atoms with Gasteiger partial charge in [0.25, 0.3) is 0 Å². The largest absolute Gasteiger partial charge is 0.379 e. The van der Waals surface area contributed by atoms with Gasteiger partial charge in [0, 0.05) is 7.11 Å². The Morgan fingerprint density at radius 3 is 2.20 bits per heavy atom. The van der Waals surface area contributed by atoms with Gasteiger partial charge < -0.3 is 10.1 Å². The van der Waals surface area contributed by atoms with Crippen LogP contribution in [0.3, 0.4) is 0 Å². The fourth-order valence-corrected chi connectivity index (χ4v) is 0.824. The van der Waals surface area contributed by atoms with Crippen LogP contribution in [0.4, 0.5) is 17.6 Å². The number of halogens is 4. The predicted molar refractivity (Wildman–Crippen MR) is 49.5 cm³/mol. The van der Waals surface area contributed by atoms with Gasteiger partial charge in [0.05, 0.1) is 12.1 Å². The highest BCUT2D eigenvalue weighted by Gasteiger charge is 2.40. The molecule has 15 heavy (non-hydrogen) atoms. The van der Waals surface area contributed by atoms with Gasteiger partial charge in [0.1, 0.15) is 0 Å². The van der Waals surface area contributed by atoms with E-state index in [1.54, 1.807) is 13.8 Å². The van der Waals surface area contributed by atoms with Crippen molar-refractivity contribution in [3.63, 3.8) is 0 Å². The van der Waals surface area contributed by atoms with Crippen LogP contribution in [0.1, 0.15) is 20.3 Å². The van der Waals surface area contributed by atoms with Crippen LogP contribution in [0.2, 0.25) is 0 Å². The lowest BCUT2D eigenvalue weighted by molar-refractivity contribution is -0.125. The molecule has 0 rings (SSSR count). The number of ether oxygens (including phenoxy) is 1. The first-order valence-corrected chi connectivity index (χ1v) is 4.63. The zero-order valence-electron chi connectivity index (χ0n) is 9.12. The van der Waals surface area contributed by atoms with E-state index in [9.17, 15) is 17.6 Å². The number of rotatable bonds is 7. The molecule has 0 atom stereocenters. The van der Waals surface area contributed by atoms with E-state index < -0.39 is 24.5 Å². The zero-order valence-corrected chi connectivity index (χ0v) is 9.12. The molecule has 0 aromatic rings. The Morgan fingerprint density at radius 1 is 1.27 bits per heavy atom. The average Bonchev–Trinajstić information content (AvgIpc) is 2.12. The summed E-state index contributed by atoms with van der Waals surface area (Å²) >= 11 is 0. The quantitative estimate of drug-likeness (QED) is 0.536. The minimum Gasteiger partial charge on any atom is -0.379 e. The van der Waals surface area contributed by atoms with Crippen molar-refractivity contribution in [2.24, 2.45) is 0 Å². The summed E-state index contributed by atoms with van der Waals surface area (Å²) in [5, 5.41) is 2.29. The van der Waals surface area contributed by atoms with E-state index in [1.165, 1.54) is 7.11 Å². The maximum Gasteiger partial charge on any atom is 0.319 e. The highest BCUT2D eigenvalue weighted by molar-refractivity contribution is 4.74. The summed E-state index contributed by atoms with van der Waals surface area (Å²) in [6, 6.07) is 0. The summed E-state index contributed by atoms with van der Waals surface area (Å²) in [7, 11) is 1.51. The number of nitrogens with one attached hydrogen (secondary N) is 1. The molecule has 0 radical (unpaired) electrons. The number of hydrogen-bond acceptors (Lipinski definition) is 2. The molecule has 0 unspecified atom stereocenters. The Kier molecular flexibility index (Phi) is 5.51. The second-order valence-corrected chi connectivity index (χ2v) is 3.95. The molecule has 0 bridgehead atoms. The maximum absolute atomic E-state index is 12.4. The Morgan fingerprint density at radius 2 is 1.80 bits per heavy atom. The third kappa shape index (κ3) is 5.94. The van der Waals surface area contributed by atoms with E-state index in [1.807, 2.05) is 0 Å². The van der Waals surface area contributed by atoms with Crippen LogP contribution in [-0.2, 0) is 4.74 Å². The van der Waals surface area contributed by atoms with Gasteiger partial charge >= 0.3 is 12.3 Å². The third-order valence-electron chi connectivity index (χ3n) is 2.14. The minimum atomic E-state index is -3.96. The first-order chi connectivity index (χ1) is 6.71. The van der Waals surface area contributed by atoms with Crippen LogP contribution in [0.5, 0.6) is 0 Å². The lowest BCUT2D eigenvalue weighted by Crippen LogP contribution is -2.40. The first kappa shape index (κ1) is 14.6. The van der Waals surface area contributed by atoms with Crippen LogP contribution in [-0.4, -0.2) is 38.1 Å². The molecule has 92 valence electrons. The lowest BCUT2D eigenvalue weighted by Gasteiger charge is -2.23. The Bertz CT molecular complexity index is 185. The van der Waals surface area contributed by atoms with Gasteiger partial charge in [-0.2, -0.15) is 8.78 Å². The van der Waals surface area contributed by atoms with E-state index >= 15 is 0 Å². The fourth-order valence-electron chi connectivity index (χ4n) is 0.824. The molecule has 0 aliphatic rings. The van der Waals surface area contributed by atoms with Crippen molar-refractivity contribution in [2.45, 2.75) is 38.2 Å². The molecule has 0 aliphatic heterocycles. The van der Waals surface area contributed by atoms with Crippen molar-refractivity contribution in [3.8, 4) is 0 Å². The van der Waals surface area contributed by atoms with Gasteiger partial charge in [-0.15, -0.1) is 0 Å². The van der Waals surface area contributed by atoms with Gasteiger partial charge in [-0.05, 0) is 26.8 Å². The summed E-state index contributed by atoms with van der Waals surface area (Å²) in [5.74, 6) is -3.96. The van der Waals surface area contributed by atoms with Crippen molar-refractivity contribution in [3.05, 3.63) is 0 Å². The standard InChI is InChI=1S/C9H17F4NO/c1-8(2,15-3)4-5-14-6-9(12,13)7(10)11/h7,14H,4-6H2,1-3H3. The Hall–Kier alpha value is -0.360. The Labute approximate surface area is 87.0 Å². The van der Waals surface area contributed by atoms with Crippen molar-refractivity contribution < 1.29 is 22.3 Å². The second kappa shape index (κ2) is 5.65. The summed E-state index contributed by atoms with van der Waals surface area (Å²) < 4.78 is 53.3. The average molecular weight is 231 g/mol. The van der Waals surface area contributed by atoms with Crippen LogP contribution in [0, 0.1) is 0 Å². The zero-order chi connectivity index (χ0) is 12.1. The molecular formula is C9H17F4NO. The molecule has 0 aromatic heterocycles. The number of methoxy groups -OCH3 is 1. The lowest BCUT2D eigenvalue weighted by atomic mass is 10.1. The molecule has 1 N–H and O–H groups in total. The first-order valence-electron chi connectivity index (χ1n) is 4.63. The predicted octanol–water partition coefficient (Wildman–Crippen LogP) is 2.29. The van der Waals surface area contributed by atoms with Crippen LogP contribution in [0.15, 0.2) is 0 Å². The molecule has 6 heteroatoms. The van der Waals surface area contributed by atoms with Crippen LogP contribution < -0.4 is 5.32 Å². The molecule has 0 spiro atoms. The molecular weight excluding hydrogens is 214 g/mol. The summed E-state index contributed by atoms with van der Waals surface area (Å²) in [4.78, 5) is 0. The van der Waals surface area contributed by atoms with E-state index in [-0.39, 0.29) is 6.54 Å². The SMILES string of the molecule is COC(C)(C)CCNCC(F)(F)C(F)F. The van der Waals surface area contributed by atoms with E-state index in [0.717, 1.165) is 0 Å². The minimum absolute atomic E-state index is 0.211. The highest BCUT2D eigenvalue weighted by atomic mass is 19.3. The van der Waals surface area contributed by atoms with Crippen LogP contribution >= 0.6 is 0 Å². The van der Waals surface area contributed by atoms with Gasteiger partial charge in [0.2, 0.25) is 0 Å². The van der Waals surface area contributed by atoms with E-state index in [0.29, 0.717) is 6.42 Å². The maximum atomic E-state index is 12.4. The molecule has 2 nitrogen and oxygen atoms in total. The van der Waals surface area contributed by atoms with Crippen molar-refractivity contribution in [2.75, 3.05) is 20.2 Å². The van der Waals surface area contributed by atoms with Crippen molar-refractivity contribution >= 4 is 0 Å². The summed E-state index contributed by atoms with van der Waals surface area (Å²) in [6.07, 6.45) is -3.15. The summed E-state index contributed by atoms with van der Waals surface area (Å²) in [6.45, 7) is 2.79. The smallest absolute Gasteiger partial charge is 0.319 e. The highest BCUT2D eigenvalue weighted by Crippen LogP contribution is 2.21. The summed E-state index contributed by atoms with van der Waals surface area (Å²) in [5.41, 5.74) is -0.437. The molecule has 0 saturated heterocycles. The molecule has 0 fully saturated rings. The van der Waals surface area contributed by atoms with Crippen molar-refractivity contribution in [1.82, 2.24) is 5.32 Å². The third-order valence-corrected chi connectivity index (χ3v) is 2.14. The monoisotopic (exact) mass is 231 g/mol. The van der Waals surface area contributed by atoms with E-state index in [2.05, 4.69) is 5.32 Å². The van der Waals surface area contributed by atoms with Gasteiger partial charge in [-0.3, -0.25) is 0 Å².